The second-order valence-electron chi connectivity index (χ2n) is 6.79. The summed E-state index contributed by atoms with van der Waals surface area (Å²) in [6.45, 7) is 0.466. The lowest BCUT2D eigenvalue weighted by atomic mass is 10.2. The summed E-state index contributed by atoms with van der Waals surface area (Å²) in [5.41, 5.74) is 1.54. The zero-order chi connectivity index (χ0) is 21.9. The van der Waals surface area contributed by atoms with Crippen LogP contribution in [-0.2, 0) is 12.3 Å². The molecule has 7 nitrogen and oxygen atoms in total. The number of hydrogen-bond donors (Lipinski definition) is 0. The topological polar surface area (TPSA) is 82.8 Å². The third kappa shape index (κ3) is 4.44. The summed E-state index contributed by atoms with van der Waals surface area (Å²) in [5.74, 6) is 2.40. The van der Waals surface area contributed by atoms with Crippen molar-refractivity contribution in [3.63, 3.8) is 0 Å². The lowest BCUT2D eigenvalue weighted by Crippen LogP contribution is -2.03. The molecule has 0 aliphatic carbocycles. The van der Waals surface area contributed by atoms with E-state index in [4.69, 9.17) is 20.5 Å². The van der Waals surface area contributed by atoms with Crippen molar-refractivity contribution in [3.05, 3.63) is 89.4 Å². The van der Waals surface area contributed by atoms with Crippen LogP contribution in [0.3, 0.4) is 0 Å². The minimum absolute atomic E-state index is 0.323. The normalized spacial score (nSPS) is 11.2. The van der Waals surface area contributed by atoms with Gasteiger partial charge < -0.3 is 8.94 Å². The first-order valence-electron chi connectivity index (χ1n) is 9.58. The Morgan fingerprint density at radius 2 is 1.75 bits per heavy atom. The number of hydrogen-bond acceptors (Lipinski definition) is 7. The molecule has 5 aromatic rings. The molecule has 160 valence electrons. The Morgan fingerprint density at radius 1 is 0.969 bits per heavy atom. The average Bonchev–Trinajstić information content (AvgIpc) is 3.56. The molecule has 2 aromatic carbocycles. The molecule has 0 aliphatic heterocycles. The summed E-state index contributed by atoms with van der Waals surface area (Å²) >= 11 is 7.46. The first-order chi connectivity index (χ1) is 15.7. The Hall–Kier alpha value is -3.43. The average molecular weight is 468 g/mol. The van der Waals surface area contributed by atoms with E-state index < -0.39 is 0 Å². The molecule has 0 atom stereocenters. The van der Waals surface area contributed by atoms with Gasteiger partial charge in [-0.25, -0.2) is 4.39 Å². The van der Waals surface area contributed by atoms with E-state index in [1.807, 2.05) is 41.0 Å². The quantitative estimate of drug-likeness (QED) is 0.283. The van der Waals surface area contributed by atoms with Gasteiger partial charge in [-0.2, -0.15) is 4.98 Å². The minimum Gasteiger partial charge on any atom is -0.467 e. The summed E-state index contributed by atoms with van der Waals surface area (Å²) in [4.78, 5) is 4.39. The van der Waals surface area contributed by atoms with Crippen molar-refractivity contribution in [1.82, 2.24) is 24.9 Å². The molecule has 0 unspecified atom stereocenters. The predicted molar refractivity (Wildman–Crippen MR) is 118 cm³/mol. The van der Waals surface area contributed by atoms with Gasteiger partial charge in [0.1, 0.15) is 11.6 Å². The number of rotatable bonds is 7. The SMILES string of the molecule is Fc1ccc(-c2nc(CSc3nnc(-c4ccc(Cl)cc4)n3Cc3ccco3)no2)cc1. The summed E-state index contributed by atoms with van der Waals surface area (Å²) in [7, 11) is 0. The third-order valence-electron chi connectivity index (χ3n) is 4.60. The van der Waals surface area contributed by atoms with Crippen LogP contribution in [-0.4, -0.2) is 24.9 Å². The fourth-order valence-corrected chi connectivity index (χ4v) is 3.97. The monoisotopic (exact) mass is 467 g/mol. The molecule has 0 aliphatic rings. The highest BCUT2D eigenvalue weighted by molar-refractivity contribution is 7.98. The maximum absolute atomic E-state index is 13.1. The van der Waals surface area contributed by atoms with Crippen LogP contribution in [0.1, 0.15) is 11.6 Å². The number of furan rings is 1. The van der Waals surface area contributed by atoms with E-state index in [1.54, 1.807) is 18.4 Å². The first-order valence-corrected chi connectivity index (χ1v) is 10.9. The van der Waals surface area contributed by atoms with Crippen molar-refractivity contribution >= 4 is 23.4 Å². The number of nitrogens with zero attached hydrogens (tertiary/aromatic N) is 5. The van der Waals surface area contributed by atoms with Gasteiger partial charge in [-0.15, -0.1) is 10.2 Å². The molecule has 0 radical (unpaired) electrons. The molecule has 0 fully saturated rings. The zero-order valence-electron chi connectivity index (χ0n) is 16.5. The van der Waals surface area contributed by atoms with Crippen LogP contribution >= 0.6 is 23.4 Å². The Labute approximate surface area is 191 Å². The molecule has 0 saturated heterocycles. The Balaban J connectivity index is 1.38. The van der Waals surface area contributed by atoms with Crippen LogP contribution in [0.5, 0.6) is 0 Å². The van der Waals surface area contributed by atoms with E-state index in [-0.39, 0.29) is 5.82 Å². The van der Waals surface area contributed by atoms with Gasteiger partial charge in [0.2, 0.25) is 0 Å². The van der Waals surface area contributed by atoms with E-state index in [1.165, 1.54) is 23.9 Å². The van der Waals surface area contributed by atoms with Crippen molar-refractivity contribution in [2.75, 3.05) is 0 Å². The van der Waals surface area contributed by atoms with Gasteiger partial charge in [0.25, 0.3) is 5.89 Å². The van der Waals surface area contributed by atoms with E-state index in [0.29, 0.717) is 45.6 Å². The standard InChI is InChI=1S/C22H15ClFN5O2S/c23-16-7-3-14(4-8-16)20-26-27-22(29(20)12-18-2-1-11-30-18)32-13-19-25-21(31-28-19)15-5-9-17(24)10-6-15/h1-11H,12-13H2. The zero-order valence-corrected chi connectivity index (χ0v) is 18.1. The smallest absolute Gasteiger partial charge is 0.257 e. The van der Waals surface area contributed by atoms with Gasteiger partial charge >= 0.3 is 0 Å². The van der Waals surface area contributed by atoms with E-state index in [0.717, 1.165) is 11.3 Å². The molecule has 5 rings (SSSR count). The van der Waals surface area contributed by atoms with Gasteiger partial charge in [-0.3, -0.25) is 4.57 Å². The lowest BCUT2D eigenvalue weighted by Gasteiger charge is -2.08. The summed E-state index contributed by atoms with van der Waals surface area (Å²) in [5, 5.41) is 14.1. The first kappa shape index (κ1) is 20.5. The minimum atomic E-state index is -0.323. The van der Waals surface area contributed by atoms with Gasteiger partial charge in [0.05, 0.1) is 18.6 Å². The summed E-state index contributed by atoms with van der Waals surface area (Å²) in [6.07, 6.45) is 1.63. The van der Waals surface area contributed by atoms with Gasteiger partial charge in [-0.1, -0.05) is 28.5 Å². The number of thioether (sulfide) groups is 1. The molecular formula is C22H15ClFN5O2S. The summed E-state index contributed by atoms with van der Waals surface area (Å²) in [6, 6.07) is 17.0. The van der Waals surface area contributed by atoms with Crippen LogP contribution in [0.2, 0.25) is 5.02 Å². The van der Waals surface area contributed by atoms with Crippen molar-refractivity contribution in [1.29, 1.82) is 0 Å². The lowest BCUT2D eigenvalue weighted by molar-refractivity contribution is 0.425. The second-order valence-corrected chi connectivity index (χ2v) is 8.17. The Bertz CT molecular complexity index is 1320. The van der Waals surface area contributed by atoms with Crippen molar-refractivity contribution in [2.24, 2.45) is 0 Å². The maximum Gasteiger partial charge on any atom is 0.257 e. The van der Waals surface area contributed by atoms with E-state index >= 15 is 0 Å². The van der Waals surface area contributed by atoms with Crippen LogP contribution in [0.15, 0.2) is 81.0 Å². The molecule has 0 saturated carbocycles. The molecule has 3 heterocycles. The molecule has 0 N–H and O–H groups in total. The fourth-order valence-electron chi connectivity index (χ4n) is 3.06. The van der Waals surface area contributed by atoms with Crippen LogP contribution in [0.25, 0.3) is 22.8 Å². The maximum atomic E-state index is 13.1. The highest BCUT2D eigenvalue weighted by Gasteiger charge is 2.17. The van der Waals surface area contributed by atoms with Gasteiger partial charge in [-0.05, 0) is 60.7 Å². The van der Waals surface area contributed by atoms with Crippen molar-refractivity contribution < 1.29 is 13.3 Å². The molecule has 0 bridgehead atoms. The van der Waals surface area contributed by atoms with Gasteiger partial charge in [0, 0.05) is 16.1 Å². The number of benzene rings is 2. The number of aromatic nitrogens is 5. The highest BCUT2D eigenvalue weighted by Crippen LogP contribution is 2.28. The highest BCUT2D eigenvalue weighted by atomic mass is 35.5. The molecule has 0 amide bonds. The van der Waals surface area contributed by atoms with Crippen molar-refractivity contribution in [3.8, 4) is 22.8 Å². The molecule has 10 heteroatoms. The largest absolute Gasteiger partial charge is 0.467 e. The molecule has 3 aromatic heterocycles. The predicted octanol–water partition coefficient (Wildman–Crippen LogP) is 5.72. The van der Waals surface area contributed by atoms with Crippen LogP contribution in [0.4, 0.5) is 4.39 Å². The third-order valence-corrected chi connectivity index (χ3v) is 5.82. The van der Waals surface area contributed by atoms with E-state index in [9.17, 15) is 4.39 Å². The summed E-state index contributed by atoms with van der Waals surface area (Å²) < 4.78 is 25.9. The fraction of sp³-hybridized carbons (Fsp3) is 0.0909. The molecule has 32 heavy (non-hydrogen) atoms. The Kier molecular flexibility index (Phi) is 5.74. The van der Waals surface area contributed by atoms with Crippen molar-refractivity contribution in [2.45, 2.75) is 17.5 Å². The van der Waals surface area contributed by atoms with Crippen LogP contribution < -0.4 is 0 Å². The van der Waals surface area contributed by atoms with Gasteiger partial charge in [0.15, 0.2) is 16.8 Å². The molecular weight excluding hydrogens is 453 g/mol. The number of halogens is 2. The Morgan fingerprint density at radius 3 is 2.50 bits per heavy atom. The van der Waals surface area contributed by atoms with E-state index in [2.05, 4.69) is 20.3 Å². The molecule has 0 spiro atoms. The second kappa shape index (κ2) is 8.97. The van der Waals surface area contributed by atoms with Crippen LogP contribution in [0, 0.1) is 5.82 Å².